The van der Waals surface area contributed by atoms with Crippen molar-refractivity contribution in [3.8, 4) is 0 Å². The number of rotatable bonds is 9. The van der Waals surface area contributed by atoms with Crippen LogP contribution in [0.3, 0.4) is 0 Å². The molecule has 2 rings (SSSR count). The highest BCUT2D eigenvalue weighted by Crippen LogP contribution is 2.29. The predicted octanol–water partition coefficient (Wildman–Crippen LogP) is 1.98. The van der Waals surface area contributed by atoms with Gasteiger partial charge in [0.15, 0.2) is 0 Å². The van der Waals surface area contributed by atoms with E-state index in [4.69, 9.17) is 5.11 Å². The lowest BCUT2D eigenvalue weighted by Gasteiger charge is -2.29. The van der Waals surface area contributed by atoms with E-state index in [0.29, 0.717) is 35.8 Å². The smallest absolute Gasteiger partial charge is 0.304 e. The van der Waals surface area contributed by atoms with Gasteiger partial charge in [-0.1, -0.05) is 21.6 Å². The van der Waals surface area contributed by atoms with E-state index in [2.05, 4.69) is 5.32 Å². The average Bonchev–Trinajstić information content (AvgIpc) is 2.58. The molecule has 0 saturated carbocycles. The van der Waals surface area contributed by atoms with Crippen LogP contribution in [-0.4, -0.2) is 56.3 Å². The van der Waals surface area contributed by atoms with Crippen molar-refractivity contribution in [2.45, 2.75) is 19.3 Å². The van der Waals surface area contributed by atoms with E-state index in [1.807, 2.05) is 0 Å². The molecule has 1 amide bonds. The van der Waals surface area contributed by atoms with Crippen LogP contribution >= 0.6 is 21.6 Å². The lowest BCUT2D eigenvalue weighted by molar-refractivity contribution is -0.136. The van der Waals surface area contributed by atoms with Gasteiger partial charge in [0.25, 0.3) is 5.91 Å². The number of anilines is 1. The molecule has 1 aromatic carbocycles. The summed E-state index contributed by atoms with van der Waals surface area (Å²) in [5, 5.41) is 11.4. The number of fused-ring (bicyclic) bond motifs is 1. The Morgan fingerprint density at radius 3 is 2.69 bits per heavy atom. The van der Waals surface area contributed by atoms with Gasteiger partial charge in [0.05, 0.1) is 18.4 Å². The summed E-state index contributed by atoms with van der Waals surface area (Å²) in [6, 6.07) is 5.10. The van der Waals surface area contributed by atoms with E-state index in [0.717, 1.165) is 18.4 Å². The van der Waals surface area contributed by atoms with Crippen LogP contribution < -0.4 is 9.62 Å². The molecule has 0 aromatic heterocycles. The number of amides is 1. The third-order valence-corrected chi connectivity index (χ3v) is 7.36. The molecule has 0 aliphatic carbocycles. The van der Waals surface area contributed by atoms with Crippen molar-refractivity contribution >= 4 is 49.2 Å². The summed E-state index contributed by atoms with van der Waals surface area (Å²) in [6.07, 6.45) is 2.80. The molecule has 0 atom stereocenters. The van der Waals surface area contributed by atoms with Crippen molar-refractivity contribution in [1.29, 1.82) is 0 Å². The number of hydrogen-bond donors (Lipinski definition) is 2. The molecule has 1 aliphatic rings. The number of carboxylic acid groups (broad SMARTS) is 1. The van der Waals surface area contributed by atoms with Crippen LogP contribution in [-0.2, 0) is 21.2 Å². The number of sulfonamides is 1. The topological polar surface area (TPSA) is 104 Å². The van der Waals surface area contributed by atoms with Crippen molar-refractivity contribution in [2.75, 3.05) is 35.2 Å². The largest absolute Gasteiger partial charge is 0.481 e. The monoisotopic (exact) mass is 418 g/mol. The summed E-state index contributed by atoms with van der Waals surface area (Å²) in [6.45, 7) is 0.949. The zero-order valence-corrected chi connectivity index (χ0v) is 16.9. The van der Waals surface area contributed by atoms with Crippen LogP contribution in [0.1, 0.15) is 28.8 Å². The molecule has 0 fully saturated rings. The Kier molecular flexibility index (Phi) is 7.66. The van der Waals surface area contributed by atoms with E-state index in [-0.39, 0.29) is 12.3 Å². The van der Waals surface area contributed by atoms with Gasteiger partial charge in [-0.2, -0.15) is 0 Å². The zero-order chi connectivity index (χ0) is 19.2. The number of nitrogens with zero attached hydrogens (tertiary/aromatic N) is 1. The number of carboxylic acids is 1. The van der Waals surface area contributed by atoms with Crippen molar-refractivity contribution in [2.24, 2.45) is 0 Å². The summed E-state index contributed by atoms with van der Waals surface area (Å²) in [5.74, 6) is 0.215. The fraction of sp³-hybridized carbons (Fsp3) is 0.500. The summed E-state index contributed by atoms with van der Waals surface area (Å²) < 4.78 is 25.1. The van der Waals surface area contributed by atoms with E-state index in [1.54, 1.807) is 18.2 Å². The second-order valence-electron chi connectivity index (χ2n) is 5.83. The Morgan fingerprint density at radius 2 is 2.00 bits per heavy atom. The summed E-state index contributed by atoms with van der Waals surface area (Å²) >= 11 is 0. The van der Waals surface area contributed by atoms with Crippen molar-refractivity contribution in [3.63, 3.8) is 0 Å². The highest BCUT2D eigenvalue weighted by molar-refractivity contribution is 8.76. The number of aryl methyl sites for hydroxylation is 1. The van der Waals surface area contributed by atoms with E-state index in [9.17, 15) is 18.0 Å². The Labute approximate surface area is 161 Å². The minimum atomic E-state index is -3.31. The Bertz CT molecular complexity index is 767. The summed E-state index contributed by atoms with van der Waals surface area (Å²) in [7, 11) is -0.316. The minimum Gasteiger partial charge on any atom is -0.481 e. The molecule has 7 nitrogen and oxygen atoms in total. The van der Waals surface area contributed by atoms with Crippen molar-refractivity contribution in [3.05, 3.63) is 29.3 Å². The maximum absolute atomic E-state index is 12.3. The molecular formula is C16H22N2O5S3. The fourth-order valence-electron chi connectivity index (χ4n) is 2.60. The number of aliphatic carboxylic acids is 1. The van der Waals surface area contributed by atoms with Gasteiger partial charge in [-0.05, 0) is 36.6 Å². The highest BCUT2D eigenvalue weighted by atomic mass is 33.1. The first kappa shape index (κ1) is 20.9. The maximum atomic E-state index is 12.3. The second-order valence-corrected chi connectivity index (χ2v) is 10.4. The van der Waals surface area contributed by atoms with Gasteiger partial charge in [-0.15, -0.1) is 0 Å². The third kappa shape index (κ3) is 6.10. The van der Waals surface area contributed by atoms with Gasteiger partial charge in [0.2, 0.25) is 10.0 Å². The zero-order valence-electron chi connectivity index (χ0n) is 14.4. The molecule has 0 spiro atoms. The van der Waals surface area contributed by atoms with Crippen LogP contribution in [0.25, 0.3) is 0 Å². The average molecular weight is 419 g/mol. The molecule has 1 aromatic rings. The van der Waals surface area contributed by atoms with Gasteiger partial charge < -0.3 is 10.4 Å². The first-order valence-electron chi connectivity index (χ1n) is 8.14. The van der Waals surface area contributed by atoms with E-state index >= 15 is 0 Å². The molecule has 144 valence electrons. The standard InChI is InChI=1S/C16H22N2O5S3/c1-26(22,23)18-8-2-3-12-11-13(4-5-14(12)18)16(21)17-7-10-25-24-9-6-15(19)20/h4-5,11H,2-3,6-10H2,1H3,(H,17,21)(H,19,20). The van der Waals surface area contributed by atoms with Gasteiger partial charge in [0, 0.05) is 30.2 Å². The third-order valence-electron chi connectivity index (χ3n) is 3.77. The fourth-order valence-corrected chi connectivity index (χ4v) is 5.49. The summed E-state index contributed by atoms with van der Waals surface area (Å²) in [5.41, 5.74) is 2.04. The van der Waals surface area contributed by atoms with Crippen LogP contribution in [0, 0.1) is 0 Å². The van der Waals surface area contributed by atoms with Crippen molar-refractivity contribution in [1.82, 2.24) is 5.32 Å². The van der Waals surface area contributed by atoms with Gasteiger partial charge >= 0.3 is 5.97 Å². The molecular weight excluding hydrogens is 396 g/mol. The Morgan fingerprint density at radius 1 is 1.27 bits per heavy atom. The molecule has 0 bridgehead atoms. The maximum Gasteiger partial charge on any atom is 0.304 e. The molecule has 1 aliphatic heterocycles. The number of hydrogen-bond acceptors (Lipinski definition) is 6. The lowest BCUT2D eigenvalue weighted by Crippen LogP contribution is -2.34. The molecule has 0 radical (unpaired) electrons. The molecule has 1 heterocycles. The Balaban J connectivity index is 1.86. The Hall–Kier alpha value is -1.39. The molecule has 0 saturated heterocycles. The van der Waals surface area contributed by atoms with Gasteiger partial charge in [-0.25, -0.2) is 8.42 Å². The van der Waals surface area contributed by atoms with Crippen LogP contribution in [0.4, 0.5) is 5.69 Å². The normalized spacial score (nSPS) is 14.0. The molecule has 10 heteroatoms. The number of nitrogens with one attached hydrogen (secondary N) is 1. The number of carbonyl (C=O) groups is 2. The summed E-state index contributed by atoms with van der Waals surface area (Å²) in [4.78, 5) is 22.6. The number of benzene rings is 1. The predicted molar refractivity (Wildman–Crippen MR) is 106 cm³/mol. The lowest BCUT2D eigenvalue weighted by atomic mass is 10.0. The van der Waals surface area contributed by atoms with Crippen LogP contribution in [0.15, 0.2) is 18.2 Å². The SMILES string of the molecule is CS(=O)(=O)N1CCCc2cc(C(=O)NCCSSCCC(=O)O)ccc21. The minimum absolute atomic E-state index is 0.129. The number of carbonyl (C=O) groups excluding carboxylic acids is 1. The second kappa shape index (κ2) is 9.52. The molecule has 26 heavy (non-hydrogen) atoms. The molecule has 0 unspecified atom stereocenters. The van der Waals surface area contributed by atoms with Gasteiger partial charge in [-0.3, -0.25) is 13.9 Å². The quantitative estimate of drug-likeness (QED) is 0.467. The van der Waals surface area contributed by atoms with E-state index < -0.39 is 16.0 Å². The van der Waals surface area contributed by atoms with Crippen LogP contribution in [0.5, 0.6) is 0 Å². The van der Waals surface area contributed by atoms with E-state index in [1.165, 1.54) is 32.1 Å². The van der Waals surface area contributed by atoms with Crippen molar-refractivity contribution < 1.29 is 23.1 Å². The first-order valence-corrected chi connectivity index (χ1v) is 12.5. The van der Waals surface area contributed by atoms with Gasteiger partial charge in [0.1, 0.15) is 0 Å². The first-order chi connectivity index (χ1) is 12.3. The van der Waals surface area contributed by atoms with Crippen LogP contribution in [0.2, 0.25) is 0 Å². The molecule has 2 N–H and O–H groups in total. The highest BCUT2D eigenvalue weighted by Gasteiger charge is 2.24.